The lowest BCUT2D eigenvalue weighted by atomic mass is 10.1. The minimum Gasteiger partial charge on any atom is -0.393 e. The van der Waals surface area contributed by atoms with E-state index in [9.17, 15) is 19.3 Å². The summed E-state index contributed by atoms with van der Waals surface area (Å²) in [6, 6.07) is 8.91. The maximum Gasteiger partial charge on any atom is 0.292 e. The molecule has 0 aliphatic heterocycles. The van der Waals surface area contributed by atoms with Gasteiger partial charge in [-0.3, -0.25) is 14.9 Å². The molecule has 2 rings (SSSR count). The number of nitro groups is 1. The lowest BCUT2D eigenvalue weighted by Gasteiger charge is -2.06. The smallest absolute Gasteiger partial charge is 0.292 e. The van der Waals surface area contributed by atoms with Gasteiger partial charge in [0, 0.05) is 17.3 Å². The van der Waals surface area contributed by atoms with Crippen LogP contribution in [-0.2, 0) is 0 Å². The van der Waals surface area contributed by atoms with Crippen LogP contribution in [0.2, 0.25) is 0 Å². The van der Waals surface area contributed by atoms with Crippen LogP contribution in [-0.4, -0.2) is 10.8 Å². The van der Waals surface area contributed by atoms with E-state index in [1.54, 1.807) is 0 Å². The molecular formula is C13H10FN3O3. The number of halogens is 1. The molecule has 0 atom stereocenters. The molecule has 0 aliphatic rings. The molecule has 0 unspecified atom stereocenters. The third kappa shape index (κ3) is 2.89. The van der Waals surface area contributed by atoms with E-state index in [0.29, 0.717) is 5.69 Å². The van der Waals surface area contributed by atoms with E-state index in [1.165, 1.54) is 36.4 Å². The topological polar surface area (TPSA) is 98.3 Å². The van der Waals surface area contributed by atoms with Crippen molar-refractivity contribution in [1.82, 2.24) is 0 Å². The van der Waals surface area contributed by atoms with Gasteiger partial charge in [0.1, 0.15) is 11.5 Å². The number of nitrogens with one attached hydrogen (secondary N) is 1. The quantitative estimate of drug-likeness (QED) is 0.511. The van der Waals surface area contributed by atoms with Gasteiger partial charge in [-0.15, -0.1) is 0 Å². The predicted molar refractivity (Wildman–Crippen MR) is 71.9 cm³/mol. The summed E-state index contributed by atoms with van der Waals surface area (Å²) < 4.78 is 12.7. The fourth-order valence-electron chi connectivity index (χ4n) is 1.60. The minimum absolute atomic E-state index is 0.0956. The highest BCUT2D eigenvalue weighted by Gasteiger charge is 2.14. The summed E-state index contributed by atoms with van der Waals surface area (Å²) in [4.78, 5) is 21.9. The second kappa shape index (κ2) is 5.35. The number of anilines is 2. The van der Waals surface area contributed by atoms with E-state index in [1.807, 2.05) is 0 Å². The average Bonchev–Trinajstić information content (AvgIpc) is 2.40. The summed E-state index contributed by atoms with van der Waals surface area (Å²) in [5, 5.41) is 13.1. The Kier molecular flexibility index (Phi) is 3.60. The zero-order chi connectivity index (χ0) is 14.7. The van der Waals surface area contributed by atoms with Crippen LogP contribution in [0, 0.1) is 15.9 Å². The Labute approximate surface area is 113 Å². The Morgan fingerprint density at radius 3 is 2.40 bits per heavy atom. The Morgan fingerprint density at radius 2 is 1.85 bits per heavy atom. The fraction of sp³-hybridized carbons (Fsp3) is 0. The van der Waals surface area contributed by atoms with E-state index in [-0.39, 0.29) is 16.9 Å². The number of nitrogens with zero attached hydrogens (tertiary/aromatic N) is 1. The molecule has 102 valence electrons. The van der Waals surface area contributed by atoms with Gasteiger partial charge >= 0.3 is 0 Å². The van der Waals surface area contributed by atoms with Crippen LogP contribution in [0.1, 0.15) is 10.4 Å². The molecule has 0 aliphatic carbocycles. The summed E-state index contributed by atoms with van der Waals surface area (Å²) in [6.07, 6.45) is 0. The number of amides is 1. The number of nitrogens with two attached hydrogens (primary N) is 1. The summed E-state index contributed by atoms with van der Waals surface area (Å²) in [7, 11) is 0. The summed E-state index contributed by atoms with van der Waals surface area (Å²) >= 11 is 0. The molecule has 0 spiro atoms. The van der Waals surface area contributed by atoms with Gasteiger partial charge in [-0.2, -0.15) is 0 Å². The molecule has 0 fully saturated rings. The van der Waals surface area contributed by atoms with E-state index in [0.717, 1.165) is 6.07 Å². The Hall–Kier alpha value is -2.96. The van der Waals surface area contributed by atoms with Crippen molar-refractivity contribution in [2.45, 2.75) is 0 Å². The molecule has 2 aromatic carbocycles. The maximum absolute atomic E-state index is 12.7. The zero-order valence-corrected chi connectivity index (χ0v) is 10.2. The number of rotatable bonds is 3. The molecule has 1 amide bonds. The van der Waals surface area contributed by atoms with Gasteiger partial charge in [-0.25, -0.2) is 4.39 Å². The van der Waals surface area contributed by atoms with Crippen molar-refractivity contribution in [1.29, 1.82) is 0 Å². The fourth-order valence-corrected chi connectivity index (χ4v) is 1.60. The van der Waals surface area contributed by atoms with Crippen LogP contribution < -0.4 is 11.1 Å². The molecular weight excluding hydrogens is 265 g/mol. The largest absolute Gasteiger partial charge is 0.393 e. The number of hydrogen-bond donors (Lipinski definition) is 2. The van der Waals surface area contributed by atoms with Gasteiger partial charge in [0.05, 0.1) is 4.92 Å². The molecule has 0 saturated heterocycles. The number of benzene rings is 2. The molecule has 0 heterocycles. The highest BCUT2D eigenvalue weighted by molar-refractivity contribution is 6.05. The molecule has 2 aromatic rings. The van der Waals surface area contributed by atoms with Crippen LogP contribution in [0.4, 0.5) is 21.5 Å². The van der Waals surface area contributed by atoms with Gasteiger partial charge < -0.3 is 11.1 Å². The van der Waals surface area contributed by atoms with E-state index < -0.39 is 16.6 Å². The van der Waals surface area contributed by atoms with Crippen LogP contribution >= 0.6 is 0 Å². The van der Waals surface area contributed by atoms with Gasteiger partial charge in [0.2, 0.25) is 0 Å². The molecule has 0 bridgehead atoms. The third-order valence-corrected chi connectivity index (χ3v) is 2.59. The predicted octanol–water partition coefficient (Wildman–Crippen LogP) is 2.57. The molecule has 0 radical (unpaired) electrons. The molecule has 0 aromatic heterocycles. The number of nitrogen functional groups attached to an aromatic ring is 1. The number of carbonyl (C=O) groups excluding carboxylic acids is 1. The Balaban J connectivity index is 2.19. The molecule has 3 N–H and O–H groups in total. The lowest BCUT2D eigenvalue weighted by Crippen LogP contribution is -2.12. The van der Waals surface area contributed by atoms with E-state index in [2.05, 4.69) is 5.32 Å². The van der Waals surface area contributed by atoms with Crippen molar-refractivity contribution in [3.63, 3.8) is 0 Å². The summed E-state index contributed by atoms with van der Waals surface area (Å²) in [6.45, 7) is 0. The van der Waals surface area contributed by atoms with Crippen LogP contribution in [0.5, 0.6) is 0 Å². The second-order valence-electron chi connectivity index (χ2n) is 3.99. The Bertz CT molecular complexity index is 671. The first kappa shape index (κ1) is 13.5. The molecule has 6 nitrogen and oxygen atoms in total. The van der Waals surface area contributed by atoms with Crippen LogP contribution in [0.25, 0.3) is 0 Å². The number of carbonyl (C=O) groups is 1. The van der Waals surface area contributed by atoms with Crippen molar-refractivity contribution in [2.24, 2.45) is 0 Å². The monoisotopic (exact) mass is 275 g/mol. The maximum atomic E-state index is 12.7. The van der Waals surface area contributed by atoms with E-state index in [4.69, 9.17) is 5.73 Å². The Morgan fingerprint density at radius 1 is 1.20 bits per heavy atom. The van der Waals surface area contributed by atoms with E-state index >= 15 is 0 Å². The average molecular weight is 275 g/mol. The normalized spacial score (nSPS) is 10.1. The first-order valence-corrected chi connectivity index (χ1v) is 5.58. The van der Waals surface area contributed by atoms with Gasteiger partial charge in [-0.1, -0.05) is 0 Å². The molecule has 7 heteroatoms. The van der Waals surface area contributed by atoms with Crippen molar-refractivity contribution >= 4 is 23.0 Å². The first-order chi connectivity index (χ1) is 9.47. The highest BCUT2D eigenvalue weighted by Crippen LogP contribution is 2.22. The molecule has 20 heavy (non-hydrogen) atoms. The standard InChI is InChI=1S/C13H10FN3O3/c14-9-2-4-10(5-3-9)16-13(18)8-1-6-12(17(19)20)11(15)7-8/h1-7H,15H2,(H,16,18). The SMILES string of the molecule is Nc1cc(C(=O)Nc2ccc(F)cc2)ccc1[N+](=O)[O-]. The van der Waals surface area contributed by atoms with Crippen LogP contribution in [0.3, 0.4) is 0 Å². The highest BCUT2D eigenvalue weighted by atomic mass is 19.1. The van der Waals surface area contributed by atoms with Crippen LogP contribution in [0.15, 0.2) is 42.5 Å². The second-order valence-corrected chi connectivity index (χ2v) is 3.99. The molecule has 0 saturated carbocycles. The van der Waals surface area contributed by atoms with Crippen molar-refractivity contribution in [2.75, 3.05) is 11.1 Å². The summed E-state index contributed by atoms with van der Waals surface area (Å²) in [5.41, 5.74) is 5.73. The lowest BCUT2D eigenvalue weighted by molar-refractivity contribution is -0.383. The van der Waals surface area contributed by atoms with Gasteiger partial charge in [0.25, 0.3) is 11.6 Å². The third-order valence-electron chi connectivity index (χ3n) is 2.59. The van der Waals surface area contributed by atoms with Gasteiger partial charge in [0.15, 0.2) is 0 Å². The first-order valence-electron chi connectivity index (χ1n) is 5.58. The number of nitro benzene ring substituents is 1. The minimum atomic E-state index is -0.628. The summed E-state index contributed by atoms with van der Waals surface area (Å²) in [5.74, 6) is -0.902. The zero-order valence-electron chi connectivity index (χ0n) is 10.2. The van der Waals surface area contributed by atoms with Gasteiger partial charge in [-0.05, 0) is 36.4 Å². The van der Waals surface area contributed by atoms with Crippen molar-refractivity contribution < 1.29 is 14.1 Å². The van der Waals surface area contributed by atoms with Crippen molar-refractivity contribution in [3.05, 3.63) is 64.0 Å². The van der Waals surface area contributed by atoms with Crippen molar-refractivity contribution in [3.8, 4) is 0 Å². The number of hydrogen-bond acceptors (Lipinski definition) is 4.